The highest BCUT2D eigenvalue weighted by atomic mass is 35.5. The molecule has 0 aliphatic rings. The minimum Gasteiger partial charge on any atom is -0.484 e. The number of ether oxygens (including phenoxy) is 1. The summed E-state index contributed by atoms with van der Waals surface area (Å²) < 4.78 is 32.8. The van der Waals surface area contributed by atoms with E-state index >= 15 is 0 Å². The third kappa shape index (κ3) is 6.41. The highest BCUT2D eigenvalue weighted by Gasteiger charge is 2.15. The van der Waals surface area contributed by atoms with Crippen molar-refractivity contribution in [1.29, 1.82) is 0 Å². The molecule has 0 aliphatic carbocycles. The van der Waals surface area contributed by atoms with Crippen LogP contribution in [0.25, 0.3) is 0 Å². The molecule has 0 atom stereocenters. The number of carbonyl (C=O) groups excluding carboxylic acids is 1. The van der Waals surface area contributed by atoms with Crippen LogP contribution in [0.2, 0.25) is 20.1 Å². The molecule has 0 bridgehead atoms. The number of amides is 1. The average Bonchev–Trinajstić information content (AvgIpc) is 2.72. The van der Waals surface area contributed by atoms with Gasteiger partial charge in [0.1, 0.15) is 5.75 Å². The molecule has 0 spiro atoms. The first-order valence-electron chi connectivity index (χ1n) is 8.60. The van der Waals surface area contributed by atoms with Gasteiger partial charge in [-0.25, -0.2) is 8.42 Å². The number of rotatable bonds is 7. The summed E-state index contributed by atoms with van der Waals surface area (Å²) in [6, 6.07) is 14.6. The van der Waals surface area contributed by atoms with Crippen LogP contribution < -0.4 is 14.8 Å². The monoisotopic (exact) mass is 518 g/mol. The van der Waals surface area contributed by atoms with Crippen molar-refractivity contribution in [2.45, 2.75) is 4.90 Å². The van der Waals surface area contributed by atoms with Gasteiger partial charge >= 0.3 is 0 Å². The molecule has 0 radical (unpaired) electrons. The van der Waals surface area contributed by atoms with Crippen LogP contribution in [0.15, 0.2) is 65.6 Å². The van der Waals surface area contributed by atoms with Gasteiger partial charge in [-0.1, -0.05) is 46.4 Å². The van der Waals surface area contributed by atoms with Crippen LogP contribution in [0.4, 0.5) is 11.4 Å². The molecule has 0 unspecified atom stereocenters. The summed E-state index contributed by atoms with van der Waals surface area (Å²) in [5.41, 5.74) is 0.628. The SMILES string of the molecule is O=C(COc1ccc(S(=O)(=O)Nc2ccc(Cl)c(Cl)c2)cc1)Nc1cc(Cl)ccc1Cl. The largest absolute Gasteiger partial charge is 0.484 e. The zero-order chi connectivity index (χ0) is 22.6. The first-order valence-corrected chi connectivity index (χ1v) is 11.6. The van der Waals surface area contributed by atoms with Crippen molar-refractivity contribution >= 4 is 73.7 Å². The van der Waals surface area contributed by atoms with Crippen molar-refractivity contribution in [1.82, 2.24) is 0 Å². The maximum Gasteiger partial charge on any atom is 0.262 e. The number of halogens is 4. The van der Waals surface area contributed by atoms with Gasteiger partial charge in [0.15, 0.2) is 6.61 Å². The van der Waals surface area contributed by atoms with Crippen molar-refractivity contribution in [3.05, 3.63) is 80.8 Å². The van der Waals surface area contributed by atoms with E-state index in [2.05, 4.69) is 10.0 Å². The molecule has 162 valence electrons. The van der Waals surface area contributed by atoms with Crippen molar-refractivity contribution in [2.24, 2.45) is 0 Å². The van der Waals surface area contributed by atoms with Crippen LogP contribution in [0, 0.1) is 0 Å². The quantitative estimate of drug-likeness (QED) is 0.394. The van der Waals surface area contributed by atoms with Crippen molar-refractivity contribution in [2.75, 3.05) is 16.6 Å². The molecule has 11 heteroatoms. The lowest BCUT2D eigenvalue weighted by atomic mass is 10.3. The lowest BCUT2D eigenvalue weighted by molar-refractivity contribution is -0.118. The third-order valence-electron chi connectivity index (χ3n) is 3.88. The zero-order valence-corrected chi connectivity index (χ0v) is 19.4. The topological polar surface area (TPSA) is 84.5 Å². The van der Waals surface area contributed by atoms with Crippen LogP contribution in [-0.2, 0) is 14.8 Å². The zero-order valence-electron chi connectivity index (χ0n) is 15.5. The van der Waals surface area contributed by atoms with E-state index in [0.717, 1.165) is 0 Å². The fourth-order valence-electron chi connectivity index (χ4n) is 2.42. The third-order valence-corrected chi connectivity index (χ3v) is 6.58. The lowest BCUT2D eigenvalue weighted by Crippen LogP contribution is -2.20. The number of hydrogen-bond donors (Lipinski definition) is 2. The molecule has 0 aliphatic heterocycles. The molecule has 6 nitrogen and oxygen atoms in total. The van der Waals surface area contributed by atoms with Crippen LogP contribution in [-0.4, -0.2) is 20.9 Å². The molecule has 0 heterocycles. The van der Waals surface area contributed by atoms with Gasteiger partial charge in [-0.15, -0.1) is 0 Å². The summed E-state index contributed by atoms with van der Waals surface area (Å²) in [5.74, 6) is -0.150. The first-order chi connectivity index (χ1) is 14.6. The summed E-state index contributed by atoms with van der Waals surface area (Å²) in [6.45, 7) is -0.309. The van der Waals surface area contributed by atoms with E-state index in [1.165, 1.54) is 48.5 Å². The van der Waals surface area contributed by atoms with Gasteiger partial charge in [-0.05, 0) is 60.7 Å². The molecular formula is C20H14Cl4N2O4S. The minimum atomic E-state index is -3.85. The van der Waals surface area contributed by atoms with Gasteiger partial charge in [-0.3, -0.25) is 9.52 Å². The Balaban J connectivity index is 1.60. The standard InChI is InChI=1S/C20H14Cl4N2O4S/c21-12-1-7-17(23)19(9-12)25-20(27)11-30-14-3-5-15(6-4-14)31(28,29)26-13-2-8-16(22)18(24)10-13/h1-10,26H,11H2,(H,25,27). The van der Waals surface area contributed by atoms with Crippen LogP contribution in [0.5, 0.6) is 5.75 Å². The maximum absolute atomic E-state index is 12.5. The summed E-state index contributed by atoms with van der Waals surface area (Å²) >= 11 is 23.6. The number of benzene rings is 3. The molecule has 1 amide bonds. The fourth-order valence-corrected chi connectivity index (χ4v) is 4.10. The molecule has 0 aromatic heterocycles. The molecule has 2 N–H and O–H groups in total. The Morgan fingerprint density at radius 2 is 1.52 bits per heavy atom. The summed E-state index contributed by atoms with van der Waals surface area (Å²) in [7, 11) is -3.85. The van der Waals surface area contributed by atoms with E-state index < -0.39 is 15.9 Å². The molecule has 0 saturated carbocycles. The molecule has 31 heavy (non-hydrogen) atoms. The number of carbonyl (C=O) groups is 1. The smallest absolute Gasteiger partial charge is 0.262 e. The van der Waals surface area contributed by atoms with Crippen molar-refractivity contribution < 1.29 is 17.9 Å². The minimum absolute atomic E-state index is 0.00100. The molecule has 3 aromatic rings. The summed E-state index contributed by atoms with van der Waals surface area (Å²) in [4.78, 5) is 12.1. The summed E-state index contributed by atoms with van der Waals surface area (Å²) in [6.07, 6.45) is 0. The van der Waals surface area contributed by atoms with E-state index in [1.54, 1.807) is 12.1 Å². The van der Waals surface area contributed by atoms with E-state index in [-0.39, 0.29) is 22.2 Å². The second-order valence-corrected chi connectivity index (χ2v) is 9.51. The van der Waals surface area contributed by atoms with Gasteiger partial charge in [0.25, 0.3) is 15.9 Å². The van der Waals surface area contributed by atoms with Crippen molar-refractivity contribution in [3.63, 3.8) is 0 Å². The highest BCUT2D eigenvalue weighted by Crippen LogP contribution is 2.27. The molecule has 0 fully saturated rings. The van der Waals surface area contributed by atoms with Gasteiger partial charge in [0, 0.05) is 5.02 Å². The second-order valence-electron chi connectivity index (χ2n) is 6.17. The Hall–Kier alpha value is -2.16. The van der Waals surface area contributed by atoms with Gasteiger partial charge in [0.05, 0.1) is 31.3 Å². The Morgan fingerprint density at radius 3 is 2.19 bits per heavy atom. The van der Waals surface area contributed by atoms with Gasteiger partial charge in [0.2, 0.25) is 0 Å². The maximum atomic E-state index is 12.5. The van der Waals surface area contributed by atoms with Crippen molar-refractivity contribution in [3.8, 4) is 5.75 Å². The van der Waals surface area contributed by atoms with Crippen LogP contribution in [0.1, 0.15) is 0 Å². The Labute approximate surface area is 199 Å². The molecule has 3 aromatic carbocycles. The average molecular weight is 520 g/mol. The molecule has 0 saturated heterocycles. The van der Waals surface area contributed by atoms with Gasteiger partial charge < -0.3 is 10.1 Å². The lowest BCUT2D eigenvalue weighted by Gasteiger charge is -2.11. The van der Waals surface area contributed by atoms with Crippen LogP contribution in [0.3, 0.4) is 0 Å². The number of nitrogens with one attached hydrogen (secondary N) is 2. The Bertz CT molecular complexity index is 1220. The van der Waals surface area contributed by atoms with E-state index in [0.29, 0.717) is 26.5 Å². The predicted octanol–water partition coefficient (Wildman–Crippen LogP) is 6.12. The number of anilines is 2. The Kier molecular flexibility index (Phi) is 7.56. The predicted molar refractivity (Wildman–Crippen MR) is 124 cm³/mol. The summed E-state index contributed by atoms with van der Waals surface area (Å²) in [5, 5.41) is 3.88. The normalized spacial score (nSPS) is 11.1. The van der Waals surface area contributed by atoms with Gasteiger partial charge in [-0.2, -0.15) is 0 Å². The van der Waals surface area contributed by atoms with E-state index in [4.69, 9.17) is 51.1 Å². The van der Waals surface area contributed by atoms with E-state index in [9.17, 15) is 13.2 Å². The molecule has 3 rings (SSSR count). The number of hydrogen-bond acceptors (Lipinski definition) is 4. The fraction of sp³-hybridized carbons (Fsp3) is 0.0500. The highest BCUT2D eigenvalue weighted by molar-refractivity contribution is 7.92. The second kappa shape index (κ2) is 9.97. The Morgan fingerprint density at radius 1 is 0.839 bits per heavy atom. The van der Waals surface area contributed by atoms with Crippen LogP contribution >= 0.6 is 46.4 Å². The van der Waals surface area contributed by atoms with E-state index in [1.807, 2.05) is 0 Å². The number of sulfonamides is 1. The molecular weight excluding hydrogens is 506 g/mol. The first kappa shape index (κ1) is 23.5.